The van der Waals surface area contributed by atoms with Gasteiger partial charge in [-0.1, -0.05) is 0 Å². The van der Waals surface area contributed by atoms with Crippen LogP contribution in [0.25, 0.3) is 0 Å². The van der Waals surface area contributed by atoms with Gasteiger partial charge in [-0.2, -0.15) is 5.10 Å². The molecule has 84 valence electrons. The summed E-state index contributed by atoms with van der Waals surface area (Å²) in [6.07, 6.45) is 2.10. The molecule has 2 N–H and O–H groups in total. The molecule has 0 amide bonds. The average Bonchev–Trinajstić information content (AvgIpc) is 2.40. The Morgan fingerprint density at radius 1 is 1.27 bits per heavy atom. The van der Waals surface area contributed by atoms with Gasteiger partial charge in [-0.3, -0.25) is 4.68 Å². The Morgan fingerprint density at radius 3 is 2.60 bits per heavy atom. The third kappa shape index (κ3) is 1.86. The maximum absolute atomic E-state index is 5.90. The number of nitrogen functional groups attached to an aromatic ring is 1. The predicted octanol–water partition coefficient (Wildman–Crippen LogP) is 0.811. The van der Waals surface area contributed by atoms with Crippen LogP contribution in [-0.4, -0.2) is 33.8 Å². The van der Waals surface area contributed by atoms with E-state index < -0.39 is 0 Å². The van der Waals surface area contributed by atoms with E-state index in [1.54, 1.807) is 0 Å². The first-order valence-corrected chi connectivity index (χ1v) is 5.64. The van der Waals surface area contributed by atoms with E-state index in [-0.39, 0.29) is 0 Å². The van der Waals surface area contributed by atoms with Crippen molar-refractivity contribution in [2.45, 2.75) is 32.7 Å². The van der Waals surface area contributed by atoms with Gasteiger partial charge in [-0.15, -0.1) is 0 Å². The lowest BCUT2D eigenvalue weighted by Crippen LogP contribution is -2.33. The van der Waals surface area contributed by atoms with Gasteiger partial charge in [-0.05, 0) is 20.3 Å². The van der Waals surface area contributed by atoms with Crippen molar-refractivity contribution < 1.29 is 0 Å². The summed E-state index contributed by atoms with van der Waals surface area (Å²) >= 11 is 0. The molecule has 0 atom stereocenters. The smallest absolute Gasteiger partial charge is 0.148 e. The highest BCUT2D eigenvalue weighted by atomic mass is 15.3. The van der Waals surface area contributed by atoms with Crippen LogP contribution in [0.4, 0.5) is 5.82 Å². The van der Waals surface area contributed by atoms with E-state index in [2.05, 4.69) is 23.8 Å². The Balaban J connectivity index is 2.22. The van der Waals surface area contributed by atoms with E-state index in [4.69, 9.17) is 5.73 Å². The van der Waals surface area contributed by atoms with Crippen LogP contribution in [0.15, 0.2) is 0 Å². The molecule has 4 heteroatoms. The fourth-order valence-electron chi connectivity index (χ4n) is 2.34. The molecule has 0 unspecified atom stereocenters. The van der Waals surface area contributed by atoms with E-state index in [0.717, 1.165) is 31.7 Å². The molecule has 0 saturated heterocycles. The molecule has 2 rings (SSSR count). The van der Waals surface area contributed by atoms with Gasteiger partial charge in [-0.25, -0.2) is 0 Å². The van der Waals surface area contributed by atoms with Crippen molar-refractivity contribution >= 4 is 5.82 Å². The molecule has 15 heavy (non-hydrogen) atoms. The summed E-state index contributed by atoms with van der Waals surface area (Å²) in [6.45, 7) is 6.71. The van der Waals surface area contributed by atoms with Crippen molar-refractivity contribution in [3.63, 3.8) is 0 Å². The third-order valence-electron chi connectivity index (χ3n) is 3.32. The first-order valence-electron chi connectivity index (χ1n) is 5.64. The quantitative estimate of drug-likeness (QED) is 0.743. The van der Waals surface area contributed by atoms with Crippen molar-refractivity contribution in [3.8, 4) is 0 Å². The van der Waals surface area contributed by atoms with Crippen LogP contribution in [0, 0.1) is 0 Å². The number of fused-ring (bicyclic) bond motifs is 1. The Kier molecular flexibility index (Phi) is 2.69. The Morgan fingerprint density at radius 2 is 1.93 bits per heavy atom. The van der Waals surface area contributed by atoms with Crippen LogP contribution < -0.4 is 5.73 Å². The van der Waals surface area contributed by atoms with Gasteiger partial charge >= 0.3 is 0 Å². The SMILES string of the molecule is CC(C)N1CCc2c(N)nn(C)c2CC1. The maximum atomic E-state index is 5.90. The van der Waals surface area contributed by atoms with Crippen LogP contribution in [0.3, 0.4) is 0 Å². The van der Waals surface area contributed by atoms with E-state index >= 15 is 0 Å². The van der Waals surface area contributed by atoms with E-state index in [1.165, 1.54) is 11.3 Å². The van der Waals surface area contributed by atoms with E-state index in [9.17, 15) is 0 Å². The van der Waals surface area contributed by atoms with Crippen molar-refractivity contribution in [3.05, 3.63) is 11.3 Å². The van der Waals surface area contributed by atoms with Crippen molar-refractivity contribution in [1.29, 1.82) is 0 Å². The standard InChI is InChI=1S/C11H20N4/c1-8(2)15-6-4-9-10(5-7-15)14(3)13-11(9)12/h8H,4-7H2,1-3H3,(H2,12,13). The number of aryl methyl sites for hydroxylation is 1. The second-order valence-corrected chi connectivity index (χ2v) is 4.56. The molecule has 0 bridgehead atoms. The highest BCUT2D eigenvalue weighted by Crippen LogP contribution is 2.21. The van der Waals surface area contributed by atoms with Crippen LogP contribution in [-0.2, 0) is 19.9 Å². The number of rotatable bonds is 1. The molecular formula is C11H20N4. The minimum atomic E-state index is 0.619. The molecule has 0 fully saturated rings. The zero-order chi connectivity index (χ0) is 11.0. The molecule has 0 spiro atoms. The van der Waals surface area contributed by atoms with E-state index in [1.807, 2.05) is 11.7 Å². The van der Waals surface area contributed by atoms with E-state index in [0.29, 0.717) is 6.04 Å². The molecule has 0 aromatic carbocycles. The maximum Gasteiger partial charge on any atom is 0.148 e. The van der Waals surface area contributed by atoms with Crippen molar-refractivity contribution in [2.75, 3.05) is 18.8 Å². The molecule has 0 radical (unpaired) electrons. The molecule has 1 aliphatic rings. The minimum absolute atomic E-state index is 0.619. The topological polar surface area (TPSA) is 47.1 Å². The highest BCUT2D eigenvalue weighted by molar-refractivity contribution is 5.43. The number of aromatic nitrogens is 2. The number of hydrogen-bond donors (Lipinski definition) is 1. The summed E-state index contributed by atoms with van der Waals surface area (Å²) in [5.74, 6) is 0.720. The normalized spacial score (nSPS) is 17.9. The van der Waals surface area contributed by atoms with Crippen LogP contribution in [0.5, 0.6) is 0 Å². The lowest BCUT2D eigenvalue weighted by molar-refractivity contribution is 0.232. The summed E-state index contributed by atoms with van der Waals surface area (Å²) in [4.78, 5) is 2.50. The fourth-order valence-corrected chi connectivity index (χ4v) is 2.34. The molecule has 1 aromatic rings. The first-order chi connectivity index (χ1) is 7.09. The van der Waals surface area contributed by atoms with Gasteiger partial charge in [0.25, 0.3) is 0 Å². The molecule has 1 aromatic heterocycles. The lowest BCUT2D eigenvalue weighted by atomic mass is 10.1. The zero-order valence-electron chi connectivity index (χ0n) is 9.82. The number of nitrogens with two attached hydrogens (primary N) is 1. The molecule has 2 heterocycles. The van der Waals surface area contributed by atoms with Crippen LogP contribution in [0.1, 0.15) is 25.1 Å². The van der Waals surface area contributed by atoms with Crippen molar-refractivity contribution in [1.82, 2.24) is 14.7 Å². The van der Waals surface area contributed by atoms with Gasteiger partial charge < -0.3 is 10.6 Å². The van der Waals surface area contributed by atoms with Gasteiger partial charge in [0.2, 0.25) is 0 Å². The number of nitrogens with zero attached hydrogens (tertiary/aromatic N) is 3. The summed E-state index contributed by atoms with van der Waals surface area (Å²) in [6, 6.07) is 0.619. The summed E-state index contributed by atoms with van der Waals surface area (Å²) in [5.41, 5.74) is 8.48. The summed E-state index contributed by atoms with van der Waals surface area (Å²) in [7, 11) is 1.99. The average molecular weight is 208 g/mol. The van der Waals surface area contributed by atoms with Gasteiger partial charge in [0, 0.05) is 43.9 Å². The summed E-state index contributed by atoms with van der Waals surface area (Å²) < 4.78 is 1.94. The molecule has 1 aliphatic heterocycles. The first kappa shape index (κ1) is 10.5. The van der Waals surface area contributed by atoms with Gasteiger partial charge in [0.05, 0.1) is 0 Å². The Labute approximate surface area is 91.1 Å². The van der Waals surface area contributed by atoms with Crippen LogP contribution in [0.2, 0.25) is 0 Å². The molecular weight excluding hydrogens is 188 g/mol. The fraction of sp³-hybridized carbons (Fsp3) is 0.727. The largest absolute Gasteiger partial charge is 0.382 e. The lowest BCUT2D eigenvalue weighted by Gasteiger charge is -2.24. The monoisotopic (exact) mass is 208 g/mol. The molecule has 0 saturated carbocycles. The highest BCUT2D eigenvalue weighted by Gasteiger charge is 2.20. The number of anilines is 1. The van der Waals surface area contributed by atoms with Crippen molar-refractivity contribution in [2.24, 2.45) is 7.05 Å². The summed E-state index contributed by atoms with van der Waals surface area (Å²) in [5, 5.41) is 4.28. The second-order valence-electron chi connectivity index (χ2n) is 4.56. The molecule has 0 aliphatic carbocycles. The Bertz CT molecular complexity index is 325. The Hall–Kier alpha value is -1.03. The third-order valence-corrected chi connectivity index (χ3v) is 3.32. The van der Waals surface area contributed by atoms with Gasteiger partial charge in [0.1, 0.15) is 5.82 Å². The zero-order valence-corrected chi connectivity index (χ0v) is 9.82. The number of hydrogen-bond acceptors (Lipinski definition) is 3. The second kappa shape index (κ2) is 3.85. The minimum Gasteiger partial charge on any atom is -0.382 e. The molecule has 4 nitrogen and oxygen atoms in total. The van der Waals surface area contributed by atoms with Crippen LogP contribution >= 0.6 is 0 Å². The van der Waals surface area contributed by atoms with Gasteiger partial charge in [0.15, 0.2) is 0 Å². The predicted molar refractivity (Wildman–Crippen MR) is 61.7 cm³/mol.